The first-order valence-electron chi connectivity index (χ1n) is 8.45. The maximum atomic E-state index is 6.09. The second-order valence-corrected chi connectivity index (χ2v) is 7.91. The Labute approximate surface area is 154 Å². The molecule has 7 nitrogen and oxygen atoms in total. The lowest BCUT2D eigenvalue weighted by atomic mass is 9.98. The van der Waals surface area contributed by atoms with Crippen LogP contribution in [0.4, 0.5) is 0 Å². The lowest BCUT2D eigenvalue weighted by Gasteiger charge is -2.31. The molecule has 26 heavy (non-hydrogen) atoms. The third-order valence-electron chi connectivity index (χ3n) is 4.68. The molecule has 0 atom stereocenters. The third kappa shape index (κ3) is 2.37. The summed E-state index contributed by atoms with van der Waals surface area (Å²) in [7, 11) is 0. The average Bonchev–Trinajstić information content (AvgIpc) is 3.31. The van der Waals surface area contributed by atoms with E-state index in [0.29, 0.717) is 13.2 Å². The summed E-state index contributed by atoms with van der Waals surface area (Å²) in [4.78, 5) is 9.05. The molecule has 4 aromatic heterocycles. The number of nitrogens with zero attached hydrogens (tertiary/aromatic N) is 5. The molecule has 1 N–H and O–H groups in total. The van der Waals surface area contributed by atoms with Gasteiger partial charge in [-0.1, -0.05) is 0 Å². The summed E-state index contributed by atoms with van der Waals surface area (Å²) in [5.41, 5.74) is 8.26. The van der Waals surface area contributed by atoms with E-state index in [1.807, 2.05) is 24.0 Å². The Balaban J connectivity index is 1.83. The van der Waals surface area contributed by atoms with E-state index in [1.165, 1.54) is 0 Å². The Bertz CT molecular complexity index is 1110. The molecule has 0 radical (unpaired) electrons. The second kappa shape index (κ2) is 5.46. The molecule has 0 spiro atoms. The number of fused-ring (bicyclic) bond motifs is 2. The molecule has 4 aromatic rings. The molecule has 132 valence electrons. The fraction of sp³-hybridized carbons (Fsp3) is 0.333. The van der Waals surface area contributed by atoms with Gasteiger partial charge in [0.1, 0.15) is 11.4 Å². The van der Waals surface area contributed by atoms with E-state index < -0.39 is 0 Å². The van der Waals surface area contributed by atoms with E-state index in [-0.39, 0.29) is 5.60 Å². The summed E-state index contributed by atoms with van der Waals surface area (Å²) >= 11 is 1.57. The Morgan fingerprint density at radius 3 is 3.04 bits per heavy atom. The fourth-order valence-electron chi connectivity index (χ4n) is 3.50. The number of H-pyrrole nitrogens is 1. The molecule has 0 aliphatic carbocycles. The molecule has 5 rings (SSSR count). The van der Waals surface area contributed by atoms with Crippen molar-refractivity contribution in [2.75, 3.05) is 0 Å². The molecule has 0 bridgehead atoms. The van der Waals surface area contributed by atoms with Crippen molar-refractivity contribution in [3.63, 3.8) is 0 Å². The van der Waals surface area contributed by atoms with Crippen molar-refractivity contribution >= 4 is 22.4 Å². The highest BCUT2D eigenvalue weighted by atomic mass is 32.1. The minimum Gasteiger partial charge on any atom is -0.367 e. The molecule has 0 saturated carbocycles. The Morgan fingerprint density at radius 1 is 1.35 bits per heavy atom. The molecule has 0 unspecified atom stereocenters. The van der Waals surface area contributed by atoms with Crippen molar-refractivity contribution in [1.29, 1.82) is 0 Å². The van der Waals surface area contributed by atoms with Gasteiger partial charge >= 0.3 is 0 Å². The Morgan fingerprint density at radius 2 is 2.23 bits per heavy atom. The van der Waals surface area contributed by atoms with Crippen LogP contribution in [0.2, 0.25) is 0 Å². The van der Waals surface area contributed by atoms with Gasteiger partial charge in [0.25, 0.3) is 0 Å². The smallest absolute Gasteiger partial charge is 0.155 e. The van der Waals surface area contributed by atoms with Crippen LogP contribution in [-0.2, 0) is 17.9 Å². The molecule has 1 aliphatic heterocycles. The molecule has 5 heterocycles. The van der Waals surface area contributed by atoms with Crippen molar-refractivity contribution in [3.05, 3.63) is 34.5 Å². The monoisotopic (exact) mass is 366 g/mol. The van der Waals surface area contributed by atoms with E-state index in [4.69, 9.17) is 9.84 Å². The normalized spacial score (nSPS) is 16.1. The van der Waals surface area contributed by atoms with Crippen LogP contribution in [0.1, 0.15) is 25.2 Å². The minimum absolute atomic E-state index is 0.241. The summed E-state index contributed by atoms with van der Waals surface area (Å²) < 4.78 is 8.16. The van der Waals surface area contributed by atoms with Crippen LogP contribution in [0.25, 0.3) is 33.5 Å². The number of pyridine rings is 1. The Hall–Kier alpha value is -2.58. The van der Waals surface area contributed by atoms with Gasteiger partial charge in [-0.25, -0.2) is 9.97 Å². The summed E-state index contributed by atoms with van der Waals surface area (Å²) in [6, 6.07) is 2.09. The van der Waals surface area contributed by atoms with Gasteiger partial charge in [-0.3, -0.25) is 9.78 Å². The van der Waals surface area contributed by atoms with Crippen LogP contribution in [0.3, 0.4) is 0 Å². The fourth-order valence-corrected chi connectivity index (χ4v) is 4.04. The lowest BCUT2D eigenvalue weighted by Crippen LogP contribution is -2.36. The van der Waals surface area contributed by atoms with Gasteiger partial charge in [0.2, 0.25) is 0 Å². The number of aromatic nitrogens is 6. The molecule has 0 fully saturated rings. The number of ether oxygens (including phenoxy) is 1. The van der Waals surface area contributed by atoms with Gasteiger partial charge in [-0.15, -0.1) is 11.3 Å². The summed E-state index contributed by atoms with van der Waals surface area (Å²) in [6.45, 7) is 7.38. The number of hydrogen-bond donors (Lipinski definition) is 1. The van der Waals surface area contributed by atoms with Crippen molar-refractivity contribution in [2.24, 2.45) is 0 Å². The van der Waals surface area contributed by atoms with E-state index in [9.17, 15) is 0 Å². The molecule has 0 saturated heterocycles. The summed E-state index contributed by atoms with van der Waals surface area (Å²) in [6.07, 6.45) is 1.82. The van der Waals surface area contributed by atoms with E-state index in [0.717, 1.165) is 44.9 Å². The van der Waals surface area contributed by atoms with Crippen LogP contribution in [0.15, 0.2) is 23.2 Å². The lowest BCUT2D eigenvalue weighted by molar-refractivity contribution is -0.0657. The first-order chi connectivity index (χ1) is 12.5. The largest absolute Gasteiger partial charge is 0.367 e. The summed E-state index contributed by atoms with van der Waals surface area (Å²) in [5, 5.41) is 15.1. The zero-order valence-corrected chi connectivity index (χ0v) is 15.6. The van der Waals surface area contributed by atoms with Crippen LogP contribution < -0.4 is 0 Å². The van der Waals surface area contributed by atoms with Crippen LogP contribution in [0, 0.1) is 6.92 Å². The molecule has 1 aliphatic rings. The predicted octanol–water partition coefficient (Wildman–Crippen LogP) is 3.56. The van der Waals surface area contributed by atoms with Crippen molar-refractivity contribution in [2.45, 2.75) is 39.5 Å². The van der Waals surface area contributed by atoms with E-state index in [2.05, 4.69) is 44.8 Å². The third-order valence-corrected chi connectivity index (χ3v) is 5.27. The highest BCUT2D eigenvalue weighted by molar-refractivity contribution is 7.07. The maximum Gasteiger partial charge on any atom is 0.155 e. The topological polar surface area (TPSA) is 81.5 Å². The Kier molecular flexibility index (Phi) is 3.29. The first kappa shape index (κ1) is 15.7. The zero-order chi connectivity index (χ0) is 17.9. The maximum absolute atomic E-state index is 6.09. The predicted molar refractivity (Wildman–Crippen MR) is 99.8 cm³/mol. The van der Waals surface area contributed by atoms with Gasteiger partial charge in [0.15, 0.2) is 5.65 Å². The minimum atomic E-state index is -0.241. The van der Waals surface area contributed by atoms with Gasteiger partial charge in [0, 0.05) is 27.6 Å². The number of nitrogens with one attached hydrogen (secondary N) is 1. The van der Waals surface area contributed by atoms with Crippen LogP contribution in [0.5, 0.6) is 0 Å². The van der Waals surface area contributed by atoms with Crippen LogP contribution in [-0.4, -0.2) is 35.5 Å². The number of hydrogen-bond acceptors (Lipinski definition) is 6. The highest BCUT2D eigenvalue weighted by Gasteiger charge is 2.32. The SMILES string of the molecule is Cc1cc(-c2c(-c3cscn3)nn3c2COC(C)(C)C3)c2cn[nH]c2n1. The standard InChI is InChI=1S/C18H18N6OS/c1-10-4-11(12-5-20-22-17(12)21-10)15-14-6-25-18(2,3)8-24(14)23-16(15)13-7-26-9-19-13/h4-5,7,9H,6,8H2,1-3H3,(H,20,21,22). The van der Waals surface area contributed by atoms with Crippen molar-refractivity contribution < 1.29 is 4.74 Å². The number of aromatic amines is 1. The zero-order valence-electron chi connectivity index (χ0n) is 14.8. The number of thiazole rings is 1. The number of aryl methyl sites for hydroxylation is 1. The first-order valence-corrected chi connectivity index (χ1v) is 9.39. The van der Waals surface area contributed by atoms with Gasteiger partial charge < -0.3 is 4.74 Å². The van der Waals surface area contributed by atoms with Crippen molar-refractivity contribution in [3.8, 4) is 22.5 Å². The quantitative estimate of drug-likeness (QED) is 0.587. The van der Waals surface area contributed by atoms with E-state index in [1.54, 1.807) is 11.3 Å². The summed E-state index contributed by atoms with van der Waals surface area (Å²) in [5.74, 6) is 0. The molecule has 8 heteroatoms. The molecule has 0 aromatic carbocycles. The molecule has 0 amide bonds. The van der Waals surface area contributed by atoms with E-state index >= 15 is 0 Å². The second-order valence-electron chi connectivity index (χ2n) is 7.19. The van der Waals surface area contributed by atoms with Gasteiger partial charge in [-0.05, 0) is 26.8 Å². The molecular weight excluding hydrogens is 348 g/mol. The van der Waals surface area contributed by atoms with Gasteiger partial charge in [-0.2, -0.15) is 10.2 Å². The average molecular weight is 366 g/mol. The van der Waals surface area contributed by atoms with Crippen LogP contribution >= 0.6 is 11.3 Å². The molecular formula is C18H18N6OS. The van der Waals surface area contributed by atoms with Crippen molar-refractivity contribution in [1.82, 2.24) is 29.9 Å². The highest BCUT2D eigenvalue weighted by Crippen LogP contribution is 2.40. The number of rotatable bonds is 2. The van der Waals surface area contributed by atoms with Gasteiger partial charge in [0.05, 0.1) is 36.2 Å².